The normalized spacial score (nSPS) is 12.6. The molecule has 2 N–H and O–H groups in total. The van der Waals surface area contributed by atoms with Gasteiger partial charge in [-0.05, 0) is 48.2 Å². The molecule has 0 amide bonds. The third-order valence-electron chi connectivity index (χ3n) is 4.34. The van der Waals surface area contributed by atoms with Crippen LogP contribution in [0.2, 0.25) is 0 Å². The second kappa shape index (κ2) is 11.0. The summed E-state index contributed by atoms with van der Waals surface area (Å²) in [6, 6.07) is 14.5. The van der Waals surface area contributed by atoms with Crippen LogP contribution in [0.3, 0.4) is 0 Å². The van der Waals surface area contributed by atoms with Gasteiger partial charge < -0.3 is 20.1 Å². The van der Waals surface area contributed by atoms with Crippen LogP contribution in [0.1, 0.15) is 16.7 Å². The van der Waals surface area contributed by atoms with Gasteiger partial charge in [-0.15, -0.1) is 24.0 Å². The first-order valence-electron chi connectivity index (χ1n) is 9.13. The highest BCUT2D eigenvalue weighted by Gasteiger charge is 2.11. The van der Waals surface area contributed by atoms with Crippen molar-refractivity contribution in [2.24, 2.45) is 4.99 Å². The summed E-state index contributed by atoms with van der Waals surface area (Å²) in [5.74, 6) is 2.73. The van der Waals surface area contributed by atoms with E-state index in [1.54, 1.807) is 7.05 Å². The predicted molar refractivity (Wildman–Crippen MR) is 121 cm³/mol. The van der Waals surface area contributed by atoms with Gasteiger partial charge in [-0.2, -0.15) is 0 Å². The van der Waals surface area contributed by atoms with Crippen molar-refractivity contribution in [1.29, 1.82) is 0 Å². The molecule has 1 aliphatic rings. The lowest BCUT2D eigenvalue weighted by Crippen LogP contribution is -2.40. The molecule has 2 aromatic carbocycles. The number of benzene rings is 2. The highest BCUT2D eigenvalue weighted by molar-refractivity contribution is 14.0. The maximum atomic E-state index is 5.74. The average molecular weight is 481 g/mol. The quantitative estimate of drug-likeness (QED) is 0.276. The molecular weight excluding hydrogens is 453 g/mol. The van der Waals surface area contributed by atoms with Crippen LogP contribution in [-0.2, 0) is 12.8 Å². The largest absolute Gasteiger partial charge is 0.493 e. The lowest BCUT2D eigenvalue weighted by molar-refractivity contribution is 0.321. The van der Waals surface area contributed by atoms with Gasteiger partial charge in [-0.25, -0.2) is 0 Å². The summed E-state index contributed by atoms with van der Waals surface area (Å²) in [5, 5.41) is 6.62. The Hall–Kier alpha value is -1.96. The van der Waals surface area contributed by atoms with Crippen LogP contribution < -0.4 is 20.1 Å². The lowest BCUT2D eigenvalue weighted by Gasteiger charge is -2.13. The highest BCUT2D eigenvalue weighted by Crippen LogP contribution is 2.25. The van der Waals surface area contributed by atoms with Crippen LogP contribution in [0, 0.1) is 6.92 Å². The molecule has 0 aromatic heterocycles. The zero-order valence-corrected chi connectivity index (χ0v) is 18.3. The van der Waals surface area contributed by atoms with Gasteiger partial charge in [0.25, 0.3) is 0 Å². The monoisotopic (exact) mass is 481 g/mol. The van der Waals surface area contributed by atoms with Gasteiger partial charge in [0.15, 0.2) is 5.96 Å². The second-order valence-corrected chi connectivity index (χ2v) is 6.38. The molecule has 0 spiro atoms. The van der Waals surface area contributed by atoms with Crippen molar-refractivity contribution in [3.63, 3.8) is 0 Å². The molecule has 0 aliphatic carbocycles. The first-order chi connectivity index (χ1) is 12.7. The van der Waals surface area contributed by atoms with E-state index in [1.165, 1.54) is 16.7 Å². The molecule has 27 heavy (non-hydrogen) atoms. The van der Waals surface area contributed by atoms with Gasteiger partial charge in [0.05, 0.1) is 13.2 Å². The van der Waals surface area contributed by atoms with Gasteiger partial charge in [-0.3, -0.25) is 4.99 Å². The SMILES string of the molecule is CN=C(NCCOc1cccc(C)c1)NCCc1ccc2c(c1)CCO2.I. The van der Waals surface area contributed by atoms with E-state index in [0.29, 0.717) is 13.2 Å². The molecule has 3 rings (SSSR count). The molecule has 1 heterocycles. The Bertz CT molecular complexity index is 765. The van der Waals surface area contributed by atoms with Gasteiger partial charge in [0.1, 0.15) is 18.1 Å². The first-order valence-corrected chi connectivity index (χ1v) is 9.13. The molecule has 5 nitrogen and oxygen atoms in total. The number of ether oxygens (including phenoxy) is 2. The Morgan fingerprint density at radius 2 is 2.00 bits per heavy atom. The third-order valence-corrected chi connectivity index (χ3v) is 4.34. The topological polar surface area (TPSA) is 54.9 Å². The van der Waals surface area contributed by atoms with E-state index >= 15 is 0 Å². The molecule has 1 aliphatic heterocycles. The zero-order valence-electron chi connectivity index (χ0n) is 16.0. The molecule has 0 saturated carbocycles. The van der Waals surface area contributed by atoms with Gasteiger partial charge in [-0.1, -0.05) is 24.3 Å². The van der Waals surface area contributed by atoms with Crippen molar-refractivity contribution >= 4 is 29.9 Å². The Morgan fingerprint density at radius 1 is 1.15 bits per heavy atom. The summed E-state index contributed by atoms with van der Waals surface area (Å²) in [4.78, 5) is 4.25. The Labute approximate surface area is 178 Å². The lowest BCUT2D eigenvalue weighted by atomic mass is 10.1. The van der Waals surface area contributed by atoms with Gasteiger partial charge in [0.2, 0.25) is 0 Å². The minimum absolute atomic E-state index is 0. The van der Waals surface area contributed by atoms with Crippen molar-refractivity contribution in [2.75, 3.05) is 33.4 Å². The summed E-state index contributed by atoms with van der Waals surface area (Å²) < 4.78 is 11.3. The molecule has 146 valence electrons. The van der Waals surface area contributed by atoms with Crippen molar-refractivity contribution in [3.8, 4) is 11.5 Å². The maximum Gasteiger partial charge on any atom is 0.191 e. The first kappa shape index (κ1) is 21.3. The number of aliphatic imine (C=N–C) groups is 1. The molecule has 2 aromatic rings. The smallest absolute Gasteiger partial charge is 0.191 e. The Kier molecular flexibility index (Phi) is 8.71. The van der Waals surface area contributed by atoms with Crippen molar-refractivity contribution in [2.45, 2.75) is 19.8 Å². The number of nitrogens with one attached hydrogen (secondary N) is 2. The van der Waals surface area contributed by atoms with Crippen molar-refractivity contribution < 1.29 is 9.47 Å². The van der Waals surface area contributed by atoms with Gasteiger partial charge >= 0.3 is 0 Å². The molecule has 0 radical (unpaired) electrons. The van der Waals surface area contributed by atoms with Crippen LogP contribution in [0.25, 0.3) is 0 Å². The fourth-order valence-corrected chi connectivity index (χ4v) is 2.98. The zero-order chi connectivity index (χ0) is 18.2. The highest BCUT2D eigenvalue weighted by atomic mass is 127. The molecule has 0 bridgehead atoms. The second-order valence-electron chi connectivity index (χ2n) is 6.38. The van der Waals surface area contributed by atoms with Crippen molar-refractivity contribution in [3.05, 3.63) is 59.2 Å². The van der Waals surface area contributed by atoms with Crippen LogP contribution in [0.15, 0.2) is 47.5 Å². The Morgan fingerprint density at radius 3 is 2.81 bits per heavy atom. The van der Waals surface area contributed by atoms with E-state index in [9.17, 15) is 0 Å². The van der Waals surface area contributed by atoms with Crippen molar-refractivity contribution in [1.82, 2.24) is 10.6 Å². The number of guanidine groups is 1. The summed E-state index contributed by atoms with van der Waals surface area (Å²) in [6.45, 7) is 4.99. The van der Waals surface area contributed by atoms with Crippen LogP contribution in [0.5, 0.6) is 11.5 Å². The van der Waals surface area contributed by atoms with E-state index in [4.69, 9.17) is 9.47 Å². The van der Waals surface area contributed by atoms with E-state index in [1.807, 2.05) is 18.2 Å². The number of fused-ring (bicyclic) bond motifs is 1. The van der Waals surface area contributed by atoms with E-state index < -0.39 is 0 Å². The Balaban J connectivity index is 0.00000261. The van der Waals surface area contributed by atoms with Crippen LogP contribution in [-0.4, -0.2) is 39.3 Å². The van der Waals surface area contributed by atoms with Crippen LogP contribution >= 0.6 is 24.0 Å². The minimum Gasteiger partial charge on any atom is -0.493 e. The third kappa shape index (κ3) is 6.61. The standard InChI is InChI=1S/C21H27N3O2.HI/c1-16-4-3-5-19(14-16)25-13-11-24-21(22-2)23-10-8-17-6-7-20-18(15-17)9-12-26-20;/h3-7,14-15H,8-13H2,1-2H3,(H2,22,23,24);1H. The molecule has 0 atom stereocenters. The fraction of sp³-hybridized carbons (Fsp3) is 0.381. The molecule has 0 fully saturated rings. The van der Waals surface area contributed by atoms with E-state index in [-0.39, 0.29) is 24.0 Å². The number of nitrogens with zero attached hydrogens (tertiary/aromatic N) is 1. The fourth-order valence-electron chi connectivity index (χ4n) is 2.98. The molecular formula is C21H28IN3O2. The summed E-state index contributed by atoms with van der Waals surface area (Å²) >= 11 is 0. The average Bonchev–Trinajstić information content (AvgIpc) is 3.11. The minimum atomic E-state index is 0. The molecule has 6 heteroatoms. The summed E-state index contributed by atoms with van der Waals surface area (Å²) in [5.41, 5.74) is 3.84. The maximum absolute atomic E-state index is 5.74. The number of hydrogen-bond donors (Lipinski definition) is 2. The summed E-state index contributed by atoms with van der Waals surface area (Å²) in [6.07, 6.45) is 1.97. The number of aryl methyl sites for hydroxylation is 1. The van der Waals surface area contributed by atoms with E-state index in [2.05, 4.69) is 46.8 Å². The predicted octanol–water partition coefficient (Wildman–Crippen LogP) is 3.33. The molecule has 0 unspecified atom stereocenters. The van der Waals surface area contributed by atoms with Gasteiger partial charge in [0, 0.05) is 20.0 Å². The van der Waals surface area contributed by atoms with E-state index in [0.717, 1.165) is 43.5 Å². The number of hydrogen-bond acceptors (Lipinski definition) is 3. The van der Waals surface area contributed by atoms with Crippen LogP contribution in [0.4, 0.5) is 0 Å². The summed E-state index contributed by atoms with van der Waals surface area (Å²) in [7, 11) is 1.78. The number of rotatable bonds is 7. The molecule has 0 saturated heterocycles. The number of halogens is 1.